The minimum absolute atomic E-state index is 0.421. The van der Waals surface area contributed by atoms with Crippen molar-refractivity contribution in [3.63, 3.8) is 0 Å². The van der Waals surface area contributed by atoms with Crippen molar-refractivity contribution in [3.8, 4) is 0 Å². The summed E-state index contributed by atoms with van der Waals surface area (Å²) in [6.07, 6.45) is -8.59. The van der Waals surface area contributed by atoms with E-state index in [9.17, 15) is 35.5 Å². The lowest BCUT2D eigenvalue weighted by molar-refractivity contribution is -0.140. The zero-order valence-corrected chi connectivity index (χ0v) is 17.2. The maximum atomic E-state index is 14.1. The zero-order valence-electron chi connectivity index (χ0n) is 17.2. The number of aliphatic imine (C=N–C) groups is 1. The topological polar surface area (TPSA) is 41.9 Å². The minimum atomic E-state index is -4.95. The third kappa shape index (κ3) is 5.77. The number of ether oxygens (including phenoxy) is 1. The molecule has 0 aliphatic heterocycles. The van der Waals surface area contributed by atoms with Gasteiger partial charge in [0.1, 0.15) is 12.4 Å². The molecule has 0 N–H and O–H groups in total. The van der Waals surface area contributed by atoms with E-state index in [1.165, 1.54) is 6.34 Å². The highest BCUT2D eigenvalue weighted by molar-refractivity contribution is 5.92. The van der Waals surface area contributed by atoms with E-state index in [4.69, 9.17) is 4.74 Å². The van der Waals surface area contributed by atoms with Gasteiger partial charge in [-0.05, 0) is 37.6 Å². The van der Waals surface area contributed by atoms with Gasteiger partial charge in [0.15, 0.2) is 0 Å². The van der Waals surface area contributed by atoms with Gasteiger partial charge in [-0.25, -0.2) is 14.2 Å². The molecule has 0 aromatic heterocycles. The van der Waals surface area contributed by atoms with Gasteiger partial charge in [-0.15, -0.1) is 0 Å². The van der Waals surface area contributed by atoms with Gasteiger partial charge in [0.05, 0.1) is 28.7 Å². The van der Waals surface area contributed by atoms with Crippen LogP contribution < -0.4 is 0 Å². The molecule has 0 heterocycles. The van der Waals surface area contributed by atoms with E-state index in [0.29, 0.717) is 12.6 Å². The number of hydrogen-bond acceptors (Lipinski definition) is 3. The number of hydrogen-bond donors (Lipinski definition) is 0. The SMILES string of the molecule is CCN(C)C=Nc1ccc(C(=O)OCc2cccc(C(F)(F)F)c2F)c(C)c1C(F)(F)F. The molecule has 0 aliphatic rings. The van der Waals surface area contributed by atoms with Crippen LogP contribution in [0, 0.1) is 12.7 Å². The molecule has 11 heteroatoms. The number of carbonyl (C=O) groups is 1. The van der Waals surface area contributed by atoms with Gasteiger partial charge in [-0.2, -0.15) is 26.3 Å². The highest BCUT2D eigenvalue weighted by Crippen LogP contribution is 2.40. The van der Waals surface area contributed by atoms with Crippen molar-refractivity contribution < 1.29 is 40.3 Å². The van der Waals surface area contributed by atoms with Crippen LogP contribution in [-0.4, -0.2) is 30.8 Å². The Morgan fingerprint density at radius 3 is 2.31 bits per heavy atom. The predicted molar refractivity (Wildman–Crippen MR) is 103 cm³/mol. The Morgan fingerprint density at radius 2 is 1.75 bits per heavy atom. The Balaban J connectivity index is 2.35. The number of carbonyl (C=O) groups excluding carboxylic acids is 1. The first-order valence-electron chi connectivity index (χ1n) is 9.24. The van der Waals surface area contributed by atoms with Crippen molar-refractivity contribution in [3.05, 3.63) is 64.0 Å². The van der Waals surface area contributed by atoms with E-state index in [1.54, 1.807) is 18.9 Å². The summed E-state index contributed by atoms with van der Waals surface area (Å²) in [5.41, 5.74) is -4.62. The van der Waals surface area contributed by atoms with E-state index < -0.39 is 64.3 Å². The molecule has 0 fully saturated rings. The molecule has 0 radical (unpaired) electrons. The van der Waals surface area contributed by atoms with Crippen molar-refractivity contribution >= 4 is 18.0 Å². The predicted octanol–water partition coefficient (Wildman–Crippen LogP) is 6.14. The van der Waals surface area contributed by atoms with E-state index in [2.05, 4.69) is 4.99 Å². The average molecular weight is 464 g/mol. The van der Waals surface area contributed by atoms with Crippen LogP contribution in [-0.2, 0) is 23.7 Å². The van der Waals surface area contributed by atoms with Gasteiger partial charge in [0.25, 0.3) is 0 Å². The van der Waals surface area contributed by atoms with Gasteiger partial charge in [-0.3, -0.25) is 0 Å². The van der Waals surface area contributed by atoms with Crippen LogP contribution in [0.1, 0.15) is 39.5 Å². The average Bonchev–Trinajstić information content (AvgIpc) is 2.69. The van der Waals surface area contributed by atoms with E-state index >= 15 is 0 Å². The van der Waals surface area contributed by atoms with Gasteiger partial charge < -0.3 is 9.64 Å². The lowest BCUT2D eigenvalue weighted by atomic mass is 10.00. The second-order valence-corrected chi connectivity index (χ2v) is 6.80. The lowest BCUT2D eigenvalue weighted by Crippen LogP contribution is -2.16. The van der Waals surface area contributed by atoms with Gasteiger partial charge >= 0.3 is 18.3 Å². The highest BCUT2D eigenvalue weighted by atomic mass is 19.4. The minimum Gasteiger partial charge on any atom is -0.457 e. The molecule has 0 aliphatic carbocycles. The summed E-state index contributed by atoms with van der Waals surface area (Å²) in [6.45, 7) is 2.43. The molecule has 2 rings (SSSR count). The second-order valence-electron chi connectivity index (χ2n) is 6.80. The highest BCUT2D eigenvalue weighted by Gasteiger charge is 2.37. The van der Waals surface area contributed by atoms with Crippen LogP contribution in [0.3, 0.4) is 0 Å². The first-order chi connectivity index (χ1) is 14.8. The van der Waals surface area contributed by atoms with Crippen LogP contribution in [0.4, 0.5) is 36.4 Å². The molecule has 0 atom stereocenters. The molecule has 32 heavy (non-hydrogen) atoms. The normalized spacial score (nSPS) is 12.3. The first-order valence-corrected chi connectivity index (χ1v) is 9.24. The molecule has 0 saturated heterocycles. The quantitative estimate of drug-likeness (QED) is 0.223. The molecule has 0 saturated carbocycles. The second kappa shape index (κ2) is 9.58. The zero-order chi connectivity index (χ0) is 24.3. The Labute approximate surface area is 179 Å². The number of benzene rings is 2. The van der Waals surface area contributed by atoms with Gasteiger partial charge in [0, 0.05) is 19.2 Å². The van der Waals surface area contributed by atoms with Crippen molar-refractivity contribution in [2.24, 2.45) is 4.99 Å². The smallest absolute Gasteiger partial charge is 0.419 e. The molecular formula is C21H19F7N2O2. The van der Waals surface area contributed by atoms with E-state index in [-0.39, 0.29) is 0 Å². The van der Waals surface area contributed by atoms with E-state index in [0.717, 1.165) is 31.2 Å². The summed E-state index contributed by atoms with van der Waals surface area (Å²) < 4.78 is 98.2. The summed E-state index contributed by atoms with van der Waals surface area (Å²) in [5, 5.41) is 0. The molecule has 0 amide bonds. The number of halogens is 7. The molecule has 2 aromatic carbocycles. The van der Waals surface area contributed by atoms with Crippen LogP contribution in [0.25, 0.3) is 0 Å². The first kappa shape index (κ1) is 25.2. The van der Waals surface area contributed by atoms with Crippen LogP contribution in [0.2, 0.25) is 0 Å². The fourth-order valence-corrected chi connectivity index (χ4v) is 2.76. The van der Waals surface area contributed by atoms with Gasteiger partial charge in [0.2, 0.25) is 0 Å². The van der Waals surface area contributed by atoms with Crippen molar-refractivity contribution in [1.29, 1.82) is 0 Å². The maximum Gasteiger partial charge on any atom is 0.419 e. The Bertz CT molecular complexity index is 1010. The number of esters is 1. The van der Waals surface area contributed by atoms with Crippen LogP contribution in [0.5, 0.6) is 0 Å². The lowest BCUT2D eigenvalue weighted by Gasteiger charge is -2.17. The van der Waals surface area contributed by atoms with E-state index in [1.807, 2.05) is 0 Å². The molecule has 4 nitrogen and oxygen atoms in total. The third-order valence-electron chi connectivity index (χ3n) is 4.58. The largest absolute Gasteiger partial charge is 0.457 e. The molecular weight excluding hydrogens is 445 g/mol. The van der Waals surface area contributed by atoms with Crippen LogP contribution in [0.15, 0.2) is 35.3 Å². The Kier molecular flexibility index (Phi) is 7.53. The van der Waals surface area contributed by atoms with Crippen molar-refractivity contribution in [1.82, 2.24) is 4.90 Å². The summed E-state index contributed by atoms with van der Waals surface area (Å²) >= 11 is 0. The summed E-state index contributed by atoms with van der Waals surface area (Å²) in [6, 6.07) is 4.48. The summed E-state index contributed by atoms with van der Waals surface area (Å²) in [5.74, 6) is -2.86. The number of alkyl halides is 6. The van der Waals surface area contributed by atoms with Crippen molar-refractivity contribution in [2.75, 3.05) is 13.6 Å². The molecule has 2 aromatic rings. The number of rotatable bonds is 6. The molecule has 0 bridgehead atoms. The molecule has 0 spiro atoms. The summed E-state index contributed by atoms with van der Waals surface area (Å²) in [7, 11) is 1.61. The maximum absolute atomic E-state index is 14.1. The third-order valence-corrected chi connectivity index (χ3v) is 4.58. The fraction of sp³-hybridized carbons (Fsp3) is 0.333. The fourth-order valence-electron chi connectivity index (χ4n) is 2.76. The van der Waals surface area contributed by atoms with Crippen LogP contribution >= 0.6 is 0 Å². The standard InChI is InChI=1S/C21H19F7N2O2/c1-4-30(3)11-29-16-9-8-14(12(2)17(16)21(26,27)28)19(31)32-10-13-6-5-7-15(18(13)22)20(23,24)25/h5-9,11H,4,10H2,1-3H3. The Morgan fingerprint density at radius 1 is 1.09 bits per heavy atom. The Hall–Kier alpha value is -3.11. The molecule has 0 unspecified atom stereocenters. The number of nitrogens with zero attached hydrogens (tertiary/aromatic N) is 2. The monoisotopic (exact) mass is 464 g/mol. The van der Waals surface area contributed by atoms with Crippen molar-refractivity contribution in [2.45, 2.75) is 32.8 Å². The summed E-state index contributed by atoms with van der Waals surface area (Å²) in [4.78, 5) is 17.7. The molecule has 174 valence electrons. The van der Waals surface area contributed by atoms with Gasteiger partial charge in [-0.1, -0.05) is 12.1 Å².